The van der Waals surface area contributed by atoms with Gasteiger partial charge in [-0.25, -0.2) is 0 Å². The summed E-state index contributed by atoms with van der Waals surface area (Å²) in [7, 11) is 4.08. The first-order valence-electron chi connectivity index (χ1n) is 6.82. The molecule has 0 spiro atoms. The molecule has 18 heavy (non-hydrogen) atoms. The average Bonchev–Trinajstić information content (AvgIpc) is 2.80. The lowest BCUT2D eigenvalue weighted by Gasteiger charge is -2.11. The molecule has 1 rings (SSSR count). The Morgan fingerprint density at radius 1 is 1.28 bits per heavy atom. The molecule has 0 saturated heterocycles. The topological polar surface area (TPSA) is 68.2 Å². The SMILES string of the molecule is CCC(CCN)CCc1nc(CCN(C)C)no1. The van der Waals surface area contributed by atoms with Crippen LogP contribution in [0.25, 0.3) is 0 Å². The van der Waals surface area contributed by atoms with E-state index in [4.69, 9.17) is 10.3 Å². The van der Waals surface area contributed by atoms with Gasteiger partial charge in [-0.05, 0) is 39.4 Å². The molecule has 1 aromatic rings. The van der Waals surface area contributed by atoms with E-state index in [9.17, 15) is 0 Å². The number of rotatable bonds is 9. The minimum absolute atomic E-state index is 0.673. The Balaban J connectivity index is 2.34. The molecule has 1 aromatic heterocycles. The molecule has 0 amide bonds. The second kappa shape index (κ2) is 8.21. The van der Waals surface area contributed by atoms with Gasteiger partial charge in [0.2, 0.25) is 5.89 Å². The first kappa shape index (κ1) is 15.1. The lowest BCUT2D eigenvalue weighted by molar-refractivity contribution is 0.347. The van der Waals surface area contributed by atoms with Crippen LogP contribution in [0.1, 0.15) is 37.9 Å². The van der Waals surface area contributed by atoms with Gasteiger partial charge in [-0.15, -0.1) is 0 Å². The Morgan fingerprint density at radius 2 is 2.06 bits per heavy atom. The zero-order valence-electron chi connectivity index (χ0n) is 11.9. The fourth-order valence-electron chi connectivity index (χ4n) is 1.93. The molecule has 0 bridgehead atoms. The van der Waals surface area contributed by atoms with Crippen LogP contribution in [0.15, 0.2) is 4.52 Å². The Labute approximate surface area is 110 Å². The fraction of sp³-hybridized carbons (Fsp3) is 0.846. The maximum absolute atomic E-state index is 5.59. The van der Waals surface area contributed by atoms with Crippen LogP contribution in [-0.2, 0) is 12.8 Å². The molecule has 0 saturated carbocycles. The Kier molecular flexibility index (Phi) is 6.90. The predicted octanol–water partition coefficient (Wildman–Crippen LogP) is 1.48. The van der Waals surface area contributed by atoms with Gasteiger partial charge in [0.15, 0.2) is 5.82 Å². The van der Waals surface area contributed by atoms with Crippen molar-refractivity contribution in [1.29, 1.82) is 0 Å². The zero-order valence-corrected chi connectivity index (χ0v) is 11.9. The third kappa shape index (κ3) is 5.60. The van der Waals surface area contributed by atoms with E-state index < -0.39 is 0 Å². The Morgan fingerprint density at radius 3 is 2.67 bits per heavy atom. The van der Waals surface area contributed by atoms with Crippen molar-refractivity contribution in [2.24, 2.45) is 11.7 Å². The summed E-state index contributed by atoms with van der Waals surface area (Å²) in [6.07, 6.45) is 5.05. The molecule has 2 N–H and O–H groups in total. The van der Waals surface area contributed by atoms with Gasteiger partial charge >= 0.3 is 0 Å². The highest BCUT2D eigenvalue weighted by Crippen LogP contribution is 2.15. The van der Waals surface area contributed by atoms with E-state index >= 15 is 0 Å². The summed E-state index contributed by atoms with van der Waals surface area (Å²) in [6, 6.07) is 0. The summed E-state index contributed by atoms with van der Waals surface area (Å²) >= 11 is 0. The van der Waals surface area contributed by atoms with Crippen LogP contribution < -0.4 is 5.73 Å². The summed E-state index contributed by atoms with van der Waals surface area (Å²) < 4.78 is 5.26. The molecule has 0 aliphatic heterocycles. The number of hydrogen-bond donors (Lipinski definition) is 1. The van der Waals surface area contributed by atoms with Crippen molar-refractivity contribution in [3.63, 3.8) is 0 Å². The van der Waals surface area contributed by atoms with Gasteiger partial charge in [-0.2, -0.15) is 4.98 Å². The van der Waals surface area contributed by atoms with Crippen molar-refractivity contribution in [3.8, 4) is 0 Å². The van der Waals surface area contributed by atoms with E-state index in [1.54, 1.807) is 0 Å². The highest BCUT2D eigenvalue weighted by Gasteiger charge is 2.10. The standard InChI is InChI=1S/C13H26N4O/c1-4-11(7-9-14)5-6-13-15-12(16-18-13)8-10-17(2)3/h11H,4-10,14H2,1-3H3. The maximum atomic E-state index is 5.59. The summed E-state index contributed by atoms with van der Waals surface area (Å²) in [5.41, 5.74) is 5.59. The number of nitrogens with zero attached hydrogens (tertiary/aromatic N) is 3. The molecule has 5 nitrogen and oxygen atoms in total. The van der Waals surface area contributed by atoms with Crippen LogP contribution in [0.5, 0.6) is 0 Å². The summed E-state index contributed by atoms with van der Waals surface area (Å²) in [5.74, 6) is 2.25. The van der Waals surface area contributed by atoms with Crippen LogP contribution in [0.3, 0.4) is 0 Å². The van der Waals surface area contributed by atoms with Gasteiger partial charge in [0.1, 0.15) is 0 Å². The molecule has 104 valence electrons. The van der Waals surface area contributed by atoms with Gasteiger partial charge in [-0.1, -0.05) is 18.5 Å². The molecule has 1 heterocycles. The quantitative estimate of drug-likeness (QED) is 0.723. The largest absolute Gasteiger partial charge is 0.339 e. The van der Waals surface area contributed by atoms with E-state index in [0.717, 1.165) is 50.5 Å². The summed E-state index contributed by atoms with van der Waals surface area (Å²) in [6.45, 7) is 3.91. The van der Waals surface area contributed by atoms with E-state index in [-0.39, 0.29) is 0 Å². The van der Waals surface area contributed by atoms with Gasteiger partial charge < -0.3 is 15.2 Å². The number of aromatic nitrogens is 2. The minimum atomic E-state index is 0.673. The zero-order chi connectivity index (χ0) is 13.4. The lowest BCUT2D eigenvalue weighted by Crippen LogP contribution is -2.15. The molecular weight excluding hydrogens is 228 g/mol. The second-order valence-corrected chi connectivity index (χ2v) is 5.05. The van der Waals surface area contributed by atoms with E-state index in [0.29, 0.717) is 5.92 Å². The molecule has 0 aliphatic carbocycles. The lowest BCUT2D eigenvalue weighted by atomic mass is 9.97. The Bertz CT molecular complexity index is 325. The number of likely N-dealkylation sites (N-methyl/N-ethyl adjacent to an activating group) is 1. The number of nitrogens with two attached hydrogens (primary N) is 1. The fourth-order valence-corrected chi connectivity index (χ4v) is 1.93. The highest BCUT2D eigenvalue weighted by molar-refractivity contribution is 4.87. The molecule has 0 radical (unpaired) electrons. The number of aryl methyl sites for hydroxylation is 1. The monoisotopic (exact) mass is 254 g/mol. The first-order valence-corrected chi connectivity index (χ1v) is 6.82. The third-order valence-corrected chi connectivity index (χ3v) is 3.21. The summed E-state index contributed by atoms with van der Waals surface area (Å²) in [5, 5.41) is 4.00. The maximum Gasteiger partial charge on any atom is 0.226 e. The van der Waals surface area contributed by atoms with E-state index in [1.807, 2.05) is 14.1 Å². The van der Waals surface area contributed by atoms with Crippen molar-refractivity contribution in [3.05, 3.63) is 11.7 Å². The molecule has 1 atom stereocenters. The minimum Gasteiger partial charge on any atom is -0.339 e. The molecule has 0 aliphatic rings. The molecular formula is C13H26N4O. The molecule has 0 aromatic carbocycles. The van der Waals surface area contributed by atoms with Crippen molar-refractivity contribution >= 4 is 0 Å². The van der Waals surface area contributed by atoms with E-state index in [1.165, 1.54) is 6.42 Å². The molecule has 5 heteroatoms. The first-order chi connectivity index (χ1) is 8.65. The second-order valence-electron chi connectivity index (χ2n) is 5.05. The number of hydrogen-bond acceptors (Lipinski definition) is 5. The molecule has 1 unspecified atom stereocenters. The van der Waals surface area contributed by atoms with Crippen molar-refractivity contribution in [1.82, 2.24) is 15.0 Å². The smallest absolute Gasteiger partial charge is 0.226 e. The van der Waals surface area contributed by atoms with Gasteiger partial charge in [0.25, 0.3) is 0 Å². The van der Waals surface area contributed by atoms with E-state index in [2.05, 4.69) is 22.0 Å². The van der Waals surface area contributed by atoms with Crippen LogP contribution in [0.2, 0.25) is 0 Å². The van der Waals surface area contributed by atoms with Gasteiger partial charge in [0.05, 0.1) is 0 Å². The van der Waals surface area contributed by atoms with Crippen molar-refractivity contribution in [2.75, 3.05) is 27.2 Å². The van der Waals surface area contributed by atoms with Crippen LogP contribution in [-0.4, -0.2) is 42.2 Å². The van der Waals surface area contributed by atoms with Crippen LogP contribution in [0.4, 0.5) is 0 Å². The Hall–Kier alpha value is -0.940. The van der Waals surface area contributed by atoms with Crippen LogP contribution in [0, 0.1) is 5.92 Å². The third-order valence-electron chi connectivity index (χ3n) is 3.21. The predicted molar refractivity (Wildman–Crippen MR) is 72.3 cm³/mol. The van der Waals surface area contributed by atoms with Gasteiger partial charge in [0, 0.05) is 19.4 Å². The van der Waals surface area contributed by atoms with Crippen molar-refractivity contribution < 1.29 is 4.52 Å². The van der Waals surface area contributed by atoms with Gasteiger partial charge in [-0.3, -0.25) is 0 Å². The molecule has 0 fully saturated rings. The average molecular weight is 254 g/mol. The summed E-state index contributed by atoms with van der Waals surface area (Å²) in [4.78, 5) is 6.53. The van der Waals surface area contributed by atoms with Crippen molar-refractivity contribution in [2.45, 2.75) is 39.0 Å². The normalized spacial score (nSPS) is 13.2. The van der Waals surface area contributed by atoms with Crippen LogP contribution >= 0.6 is 0 Å². The highest BCUT2D eigenvalue weighted by atomic mass is 16.5.